The molecule has 2 aliphatic heterocycles. The third-order valence-corrected chi connectivity index (χ3v) is 7.79. The first-order valence-corrected chi connectivity index (χ1v) is 13.1. The van der Waals surface area contributed by atoms with Crippen LogP contribution in [0.4, 0.5) is 0 Å². The summed E-state index contributed by atoms with van der Waals surface area (Å²) in [4.78, 5) is 25.6. The normalized spacial score (nSPS) is 19.8. The molecule has 0 radical (unpaired) electrons. The topological polar surface area (TPSA) is 133 Å². The van der Waals surface area contributed by atoms with Crippen molar-refractivity contribution in [1.82, 2.24) is 40.5 Å². The van der Waals surface area contributed by atoms with E-state index in [2.05, 4.69) is 42.7 Å². The maximum atomic E-state index is 5.89. The van der Waals surface area contributed by atoms with Crippen molar-refractivity contribution in [2.45, 2.75) is 37.8 Å². The predicted molar refractivity (Wildman–Crippen MR) is 142 cm³/mol. The van der Waals surface area contributed by atoms with Crippen molar-refractivity contribution >= 4 is 22.2 Å². The van der Waals surface area contributed by atoms with Gasteiger partial charge in [0.1, 0.15) is 22.7 Å². The molecule has 0 aliphatic carbocycles. The number of rotatable bonds is 5. The Balaban J connectivity index is 1.19. The molecule has 10 heteroatoms. The van der Waals surface area contributed by atoms with Gasteiger partial charge in [-0.15, -0.1) is 0 Å². The molecular weight excluding hydrogens is 480 g/mol. The largest absolute Gasteiger partial charge is 0.443 e. The molecule has 0 bridgehead atoms. The minimum absolute atomic E-state index is 0.271. The molecular formula is C28H26N8O2. The Morgan fingerprint density at radius 3 is 1.55 bits per heavy atom. The summed E-state index contributed by atoms with van der Waals surface area (Å²) >= 11 is 0. The van der Waals surface area contributed by atoms with Gasteiger partial charge in [-0.1, -0.05) is 12.1 Å². The molecule has 8 rings (SSSR count). The summed E-state index contributed by atoms with van der Waals surface area (Å²) in [6.07, 6.45) is 11.4. The zero-order valence-corrected chi connectivity index (χ0v) is 20.6. The summed E-state index contributed by atoms with van der Waals surface area (Å²) in [6.45, 7) is 2.05. The fraction of sp³-hybridized carbons (Fsp3) is 0.286. The predicted octanol–water partition coefficient (Wildman–Crippen LogP) is 5.27. The summed E-state index contributed by atoms with van der Waals surface area (Å²) in [6, 6.07) is 8.74. The van der Waals surface area contributed by atoms with Gasteiger partial charge in [0.2, 0.25) is 0 Å². The minimum atomic E-state index is 0.271. The molecule has 2 aliphatic rings. The molecule has 0 spiro atoms. The van der Waals surface area contributed by atoms with Crippen LogP contribution in [-0.4, -0.2) is 43.0 Å². The molecule has 0 amide bonds. The molecule has 2 fully saturated rings. The Morgan fingerprint density at radius 1 is 0.632 bits per heavy atom. The molecule has 2 atom stereocenters. The molecule has 6 heterocycles. The second kappa shape index (κ2) is 8.64. The van der Waals surface area contributed by atoms with Gasteiger partial charge in [0.15, 0.2) is 24.0 Å². The van der Waals surface area contributed by atoms with Gasteiger partial charge in [-0.05, 0) is 50.9 Å². The van der Waals surface area contributed by atoms with Gasteiger partial charge >= 0.3 is 0 Å². The number of oxazole rings is 2. The molecule has 0 saturated carbocycles. The van der Waals surface area contributed by atoms with Crippen molar-refractivity contribution in [3.8, 4) is 33.6 Å². The van der Waals surface area contributed by atoms with Crippen molar-refractivity contribution < 1.29 is 8.83 Å². The first kappa shape index (κ1) is 21.8. The Bertz CT molecular complexity index is 1630. The number of aromatic amines is 2. The Hall–Kier alpha value is -4.28. The molecule has 6 aromatic rings. The van der Waals surface area contributed by atoms with Gasteiger partial charge in [-0.25, -0.2) is 19.9 Å². The monoisotopic (exact) mass is 506 g/mol. The van der Waals surface area contributed by atoms with Gasteiger partial charge in [-0.2, -0.15) is 0 Å². The van der Waals surface area contributed by atoms with E-state index in [0.717, 1.165) is 95.1 Å². The van der Waals surface area contributed by atoms with Crippen LogP contribution in [0.2, 0.25) is 0 Å². The van der Waals surface area contributed by atoms with E-state index < -0.39 is 0 Å². The van der Waals surface area contributed by atoms with Crippen LogP contribution in [0.25, 0.3) is 55.8 Å². The summed E-state index contributed by atoms with van der Waals surface area (Å²) in [5.74, 6) is 1.92. The maximum absolute atomic E-state index is 5.89. The Kier molecular flexibility index (Phi) is 4.95. The van der Waals surface area contributed by atoms with Crippen molar-refractivity contribution in [1.29, 1.82) is 0 Å². The smallest absolute Gasteiger partial charge is 0.182 e. The third kappa shape index (κ3) is 3.41. The molecule has 0 unspecified atom stereocenters. The van der Waals surface area contributed by atoms with Crippen LogP contribution in [0.5, 0.6) is 0 Å². The number of H-pyrrole nitrogens is 2. The SMILES string of the molecule is c1nc2c(-c3ccc(-c4c[nH]c([C@@H]5CCCN5)n4)c4ocnc34)ccc(-c3c[nH]c([C@@H]4CCCN4)n3)c2o1. The quantitative estimate of drug-likeness (QED) is 0.249. The summed E-state index contributed by atoms with van der Waals surface area (Å²) in [7, 11) is 0. The second-order valence-corrected chi connectivity index (χ2v) is 10.0. The standard InChI is InChI=1S/C28H26N8O2/c1-3-19(29-9-1)27-31-11-21(35-27)17-7-5-15(23-25(17)37-13-33-23)16-6-8-18(26-24(16)34-14-38-26)22-12-32-28(36-22)20-4-2-10-30-20/h5-8,11-14,19-20,29-30H,1-4,9-10H2,(H,31,35)(H,32,36)/t19-,20-/m0/s1. The number of aromatic nitrogens is 6. The van der Waals surface area contributed by atoms with E-state index in [1.165, 1.54) is 12.8 Å². The zero-order valence-electron chi connectivity index (χ0n) is 20.6. The summed E-state index contributed by atoms with van der Waals surface area (Å²) in [5, 5.41) is 6.98. The fourth-order valence-corrected chi connectivity index (χ4v) is 5.88. The van der Waals surface area contributed by atoms with Crippen LogP contribution in [0, 0.1) is 0 Å². The Labute approximate surface area is 217 Å². The summed E-state index contributed by atoms with van der Waals surface area (Å²) in [5.41, 5.74) is 8.25. The number of imidazole rings is 2. The van der Waals surface area contributed by atoms with E-state index in [9.17, 15) is 0 Å². The van der Waals surface area contributed by atoms with Crippen LogP contribution in [0.3, 0.4) is 0 Å². The lowest BCUT2D eigenvalue weighted by molar-refractivity contribution is 0.602. The molecule has 190 valence electrons. The average Bonchev–Trinajstić information content (AvgIpc) is 3.80. The van der Waals surface area contributed by atoms with Crippen molar-refractivity contribution in [2.75, 3.05) is 13.1 Å². The van der Waals surface area contributed by atoms with Crippen LogP contribution >= 0.6 is 0 Å². The van der Waals surface area contributed by atoms with Crippen molar-refractivity contribution in [3.63, 3.8) is 0 Å². The highest BCUT2D eigenvalue weighted by atomic mass is 16.3. The van der Waals surface area contributed by atoms with Gasteiger partial charge in [-0.3, -0.25) is 0 Å². The lowest BCUT2D eigenvalue weighted by Crippen LogP contribution is -2.14. The summed E-state index contributed by atoms with van der Waals surface area (Å²) < 4.78 is 11.8. The van der Waals surface area contributed by atoms with Crippen LogP contribution < -0.4 is 10.6 Å². The lowest BCUT2D eigenvalue weighted by Gasteiger charge is -2.08. The second-order valence-electron chi connectivity index (χ2n) is 10.0. The number of fused-ring (bicyclic) bond motifs is 2. The average molecular weight is 507 g/mol. The third-order valence-electron chi connectivity index (χ3n) is 7.79. The number of benzene rings is 2. The number of nitrogens with zero attached hydrogens (tertiary/aromatic N) is 4. The van der Waals surface area contributed by atoms with E-state index in [1.54, 1.807) is 0 Å². The molecule has 38 heavy (non-hydrogen) atoms. The molecule has 2 aromatic carbocycles. The van der Waals surface area contributed by atoms with E-state index in [4.69, 9.17) is 18.8 Å². The van der Waals surface area contributed by atoms with Crippen LogP contribution in [0.1, 0.15) is 49.4 Å². The van der Waals surface area contributed by atoms with Gasteiger partial charge in [0, 0.05) is 34.6 Å². The highest BCUT2D eigenvalue weighted by Crippen LogP contribution is 2.40. The van der Waals surface area contributed by atoms with E-state index in [0.29, 0.717) is 11.2 Å². The van der Waals surface area contributed by atoms with E-state index >= 15 is 0 Å². The molecule has 10 nitrogen and oxygen atoms in total. The lowest BCUT2D eigenvalue weighted by atomic mass is 9.98. The zero-order chi connectivity index (χ0) is 25.1. The van der Waals surface area contributed by atoms with Gasteiger partial charge in [0.05, 0.1) is 23.5 Å². The van der Waals surface area contributed by atoms with Crippen LogP contribution in [0.15, 0.2) is 58.3 Å². The fourth-order valence-electron chi connectivity index (χ4n) is 5.88. The molecule has 4 aromatic heterocycles. The van der Waals surface area contributed by atoms with E-state index in [-0.39, 0.29) is 12.1 Å². The number of nitrogens with one attached hydrogen (secondary N) is 4. The first-order chi connectivity index (χ1) is 18.8. The van der Waals surface area contributed by atoms with Gasteiger partial charge < -0.3 is 29.4 Å². The Morgan fingerprint density at radius 2 is 1.11 bits per heavy atom. The highest BCUT2D eigenvalue weighted by molar-refractivity contribution is 6.06. The molecule has 4 N–H and O–H groups in total. The van der Waals surface area contributed by atoms with Crippen molar-refractivity contribution in [2.24, 2.45) is 0 Å². The minimum Gasteiger partial charge on any atom is -0.443 e. The number of hydrogen-bond donors (Lipinski definition) is 4. The van der Waals surface area contributed by atoms with Crippen LogP contribution in [-0.2, 0) is 0 Å². The highest BCUT2D eigenvalue weighted by Gasteiger charge is 2.24. The van der Waals surface area contributed by atoms with E-state index in [1.807, 2.05) is 24.5 Å². The molecule has 2 saturated heterocycles. The van der Waals surface area contributed by atoms with Crippen molar-refractivity contribution in [3.05, 3.63) is 61.1 Å². The first-order valence-electron chi connectivity index (χ1n) is 13.1. The number of hydrogen-bond acceptors (Lipinski definition) is 8. The van der Waals surface area contributed by atoms with Gasteiger partial charge in [0.25, 0.3) is 0 Å². The maximum Gasteiger partial charge on any atom is 0.182 e.